The van der Waals surface area contributed by atoms with Crippen molar-refractivity contribution >= 4 is 5.91 Å². The van der Waals surface area contributed by atoms with Crippen molar-refractivity contribution in [2.24, 2.45) is 0 Å². The number of likely N-dealkylation sites (tertiary alicyclic amines) is 1. The zero-order valence-electron chi connectivity index (χ0n) is 17.4. The Hall–Kier alpha value is -2.89. The van der Waals surface area contributed by atoms with Crippen LogP contribution in [0.5, 0.6) is 0 Å². The molecule has 2 atom stereocenters. The Morgan fingerprint density at radius 2 is 1.81 bits per heavy atom. The highest BCUT2D eigenvalue weighted by atomic mass is 19.1. The van der Waals surface area contributed by atoms with Crippen molar-refractivity contribution in [3.05, 3.63) is 70.5 Å². The fraction of sp³-hybridized carbons (Fsp3) is 0.417. The van der Waals surface area contributed by atoms with Crippen LogP contribution in [0.15, 0.2) is 36.4 Å². The second kappa shape index (κ2) is 7.91. The summed E-state index contributed by atoms with van der Waals surface area (Å²) in [6.07, 6.45) is 1.74. The Kier molecular flexibility index (Phi) is 5.19. The van der Waals surface area contributed by atoms with Gasteiger partial charge < -0.3 is 9.64 Å². The molecule has 0 radical (unpaired) electrons. The second-order valence-corrected chi connectivity index (χ2v) is 8.74. The molecule has 3 heterocycles. The lowest BCUT2D eigenvalue weighted by Crippen LogP contribution is -2.50. The van der Waals surface area contributed by atoms with E-state index in [0.717, 1.165) is 6.07 Å². The molecule has 0 aromatic heterocycles. The molecule has 0 saturated carbocycles. The standard InChI is InChI=1S/C24H22F3N3O2/c25-18-10-17(11-19(26)12-18)20-4-5-21-30(20)23(31)24(32-21)6-8-29(9-7-24)14-16-3-1-2-15(13-28)22(16)27/h1-3,10-12,20-21H,4-9,14H2. The molecule has 2 unspecified atom stereocenters. The van der Waals surface area contributed by atoms with Crippen molar-refractivity contribution in [3.8, 4) is 6.07 Å². The number of hydrogen-bond acceptors (Lipinski definition) is 4. The summed E-state index contributed by atoms with van der Waals surface area (Å²) in [4.78, 5) is 17.1. The van der Waals surface area contributed by atoms with Crippen LogP contribution in [0.3, 0.4) is 0 Å². The molecule has 166 valence electrons. The Labute approximate surface area is 184 Å². The smallest absolute Gasteiger partial charge is 0.257 e. The van der Waals surface area contributed by atoms with Gasteiger partial charge >= 0.3 is 0 Å². The van der Waals surface area contributed by atoms with Gasteiger partial charge in [-0.1, -0.05) is 12.1 Å². The first-order chi connectivity index (χ1) is 15.4. The van der Waals surface area contributed by atoms with Gasteiger partial charge in [0.15, 0.2) is 5.60 Å². The van der Waals surface area contributed by atoms with Gasteiger partial charge in [-0.25, -0.2) is 13.2 Å². The lowest BCUT2D eigenvalue weighted by atomic mass is 9.89. The van der Waals surface area contributed by atoms with Crippen molar-refractivity contribution in [3.63, 3.8) is 0 Å². The summed E-state index contributed by atoms with van der Waals surface area (Å²) in [6.45, 7) is 1.44. The van der Waals surface area contributed by atoms with E-state index in [1.165, 1.54) is 18.2 Å². The lowest BCUT2D eigenvalue weighted by molar-refractivity contribution is -0.143. The first kappa shape index (κ1) is 21.0. The van der Waals surface area contributed by atoms with Gasteiger partial charge in [0, 0.05) is 31.3 Å². The van der Waals surface area contributed by atoms with E-state index in [0.29, 0.717) is 56.4 Å². The van der Waals surface area contributed by atoms with Gasteiger partial charge in [-0.3, -0.25) is 9.69 Å². The maximum atomic E-state index is 14.4. The van der Waals surface area contributed by atoms with E-state index >= 15 is 0 Å². The summed E-state index contributed by atoms with van der Waals surface area (Å²) in [6, 6.07) is 9.60. The molecule has 1 amide bonds. The highest BCUT2D eigenvalue weighted by Gasteiger charge is 2.57. The van der Waals surface area contributed by atoms with Crippen molar-refractivity contribution in [2.75, 3.05) is 13.1 Å². The second-order valence-electron chi connectivity index (χ2n) is 8.74. The quantitative estimate of drug-likeness (QED) is 0.722. The number of halogens is 3. The molecule has 3 aliphatic heterocycles. The fourth-order valence-corrected chi connectivity index (χ4v) is 5.24. The summed E-state index contributed by atoms with van der Waals surface area (Å²) in [5.74, 6) is -1.96. The minimum atomic E-state index is -0.946. The molecule has 2 aromatic carbocycles. The van der Waals surface area contributed by atoms with Gasteiger partial charge in [0.1, 0.15) is 29.7 Å². The molecular weight excluding hydrogens is 419 g/mol. The molecule has 3 saturated heterocycles. The van der Waals surface area contributed by atoms with Crippen LogP contribution < -0.4 is 0 Å². The largest absolute Gasteiger partial charge is 0.342 e. The monoisotopic (exact) mass is 441 g/mol. The van der Waals surface area contributed by atoms with E-state index in [1.54, 1.807) is 17.0 Å². The average molecular weight is 441 g/mol. The minimum absolute atomic E-state index is 0.0192. The molecular formula is C24H22F3N3O2. The van der Waals surface area contributed by atoms with E-state index in [-0.39, 0.29) is 11.5 Å². The molecule has 3 fully saturated rings. The number of amides is 1. The van der Waals surface area contributed by atoms with E-state index in [1.807, 2.05) is 11.0 Å². The SMILES string of the molecule is N#Cc1cccc(CN2CCC3(CC2)OC2CCC(c4cc(F)cc(F)c4)N2C3=O)c1F. The maximum Gasteiger partial charge on any atom is 0.257 e. The maximum absolute atomic E-state index is 14.4. The van der Waals surface area contributed by atoms with E-state index in [9.17, 15) is 18.0 Å². The molecule has 32 heavy (non-hydrogen) atoms. The third-order valence-corrected chi connectivity index (χ3v) is 6.85. The van der Waals surface area contributed by atoms with E-state index in [4.69, 9.17) is 10.00 Å². The number of benzene rings is 2. The van der Waals surface area contributed by atoms with Crippen LogP contribution in [0.4, 0.5) is 13.2 Å². The van der Waals surface area contributed by atoms with Crippen LogP contribution in [0.25, 0.3) is 0 Å². The van der Waals surface area contributed by atoms with Crippen LogP contribution in [0, 0.1) is 28.8 Å². The van der Waals surface area contributed by atoms with Crippen molar-refractivity contribution in [1.82, 2.24) is 9.80 Å². The van der Waals surface area contributed by atoms with Crippen LogP contribution >= 0.6 is 0 Å². The topological polar surface area (TPSA) is 56.6 Å². The predicted molar refractivity (Wildman–Crippen MR) is 108 cm³/mol. The molecule has 5 nitrogen and oxygen atoms in total. The first-order valence-corrected chi connectivity index (χ1v) is 10.8. The Morgan fingerprint density at radius 1 is 1.09 bits per heavy atom. The van der Waals surface area contributed by atoms with Gasteiger partial charge in [-0.05, 0) is 49.4 Å². The number of nitriles is 1. The van der Waals surface area contributed by atoms with Crippen LogP contribution in [-0.2, 0) is 16.1 Å². The number of ether oxygens (including phenoxy) is 1. The Morgan fingerprint density at radius 3 is 2.50 bits per heavy atom. The van der Waals surface area contributed by atoms with Crippen LogP contribution in [0.1, 0.15) is 48.4 Å². The highest BCUT2D eigenvalue weighted by Crippen LogP contribution is 2.47. The third-order valence-electron chi connectivity index (χ3n) is 6.85. The number of rotatable bonds is 3. The molecule has 8 heteroatoms. The van der Waals surface area contributed by atoms with Crippen molar-refractivity contribution < 1.29 is 22.7 Å². The normalized spacial score (nSPS) is 24.7. The molecule has 3 aliphatic rings. The van der Waals surface area contributed by atoms with Crippen molar-refractivity contribution in [1.29, 1.82) is 5.26 Å². The Balaban J connectivity index is 1.29. The number of nitrogens with zero attached hydrogens (tertiary/aromatic N) is 3. The zero-order valence-corrected chi connectivity index (χ0v) is 17.4. The number of piperidine rings is 1. The fourth-order valence-electron chi connectivity index (χ4n) is 5.24. The first-order valence-electron chi connectivity index (χ1n) is 10.8. The molecule has 5 rings (SSSR count). The van der Waals surface area contributed by atoms with E-state index in [2.05, 4.69) is 0 Å². The number of hydrogen-bond donors (Lipinski definition) is 0. The molecule has 2 aromatic rings. The summed E-state index contributed by atoms with van der Waals surface area (Å²) < 4.78 is 48.1. The zero-order chi connectivity index (χ0) is 22.5. The molecule has 1 spiro atoms. The van der Waals surface area contributed by atoms with Gasteiger partial charge in [-0.2, -0.15) is 5.26 Å². The van der Waals surface area contributed by atoms with Gasteiger partial charge in [-0.15, -0.1) is 0 Å². The minimum Gasteiger partial charge on any atom is -0.342 e. The molecule has 0 aliphatic carbocycles. The van der Waals surface area contributed by atoms with Crippen molar-refractivity contribution in [2.45, 2.75) is 50.1 Å². The predicted octanol–water partition coefficient (Wildman–Crippen LogP) is 4.03. The average Bonchev–Trinajstić information content (AvgIpc) is 3.29. The lowest BCUT2D eigenvalue weighted by Gasteiger charge is -2.37. The van der Waals surface area contributed by atoms with Crippen LogP contribution in [-0.4, -0.2) is 40.6 Å². The Bertz CT molecular complexity index is 1090. The summed E-state index contributed by atoms with van der Waals surface area (Å²) >= 11 is 0. The van der Waals surface area contributed by atoms with Gasteiger partial charge in [0.2, 0.25) is 0 Å². The third kappa shape index (κ3) is 3.46. The number of fused-ring (bicyclic) bond motifs is 1. The molecule has 0 N–H and O–H groups in total. The van der Waals surface area contributed by atoms with E-state index < -0.39 is 35.3 Å². The molecule has 0 bridgehead atoms. The number of carbonyl (C=O) groups is 1. The summed E-state index contributed by atoms with van der Waals surface area (Å²) in [7, 11) is 0. The summed E-state index contributed by atoms with van der Waals surface area (Å²) in [5.41, 5.74) is -0.0267. The number of carbonyl (C=O) groups excluding carboxylic acids is 1. The van der Waals surface area contributed by atoms with Gasteiger partial charge in [0.05, 0.1) is 11.6 Å². The van der Waals surface area contributed by atoms with Crippen LogP contribution in [0.2, 0.25) is 0 Å². The van der Waals surface area contributed by atoms with Gasteiger partial charge in [0.25, 0.3) is 5.91 Å². The summed E-state index contributed by atoms with van der Waals surface area (Å²) in [5, 5.41) is 9.03. The highest BCUT2D eigenvalue weighted by molar-refractivity contribution is 5.88.